The molecule has 0 saturated carbocycles. The molecule has 32 heavy (non-hydrogen) atoms. The monoisotopic (exact) mass is 478 g/mol. The first-order valence-corrected chi connectivity index (χ1v) is 10.6. The average Bonchev–Trinajstić information content (AvgIpc) is 3.42. The van der Waals surface area contributed by atoms with E-state index in [1.54, 1.807) is 30.1 Å². The van der Waals surface area contributed by atoms with Crippen LogP contribution in [0, 0.1) is 5.82 Å². The number of benzene rings is 1. The van der Waals surface area contributed by atoms with Crippen LogP contribution in [-0.2, 0) is 4.79 Å². The van der Waals surface area contributed by atoms with Gasteiger partial charge in [-0.25, -0.2) is 9.37 Å². The molecule has 168 valence electrons. The Hall–Kier alpha value is -2.88. The first-order chi connectivity index (χ1) is 15.2. The topological polar surface area (TPSA) is 121 Å². The van der Waals surface area contributed by atoms with E-state index in [4.69, 9.17) is 39.4 Å². The van der Waals surface area contributed by atoms with Crippen LogP contribution in [0.15, 0.2) is 36.8 Å². The van der Waals surface area contributed by atoms with Crippen molar-refractivity contribution in [2.45, 2.75) is 31.5 Å². The third-order valence-corrected chi connectivity index (χ3v) is 6.15. The fourth-order valence-electron chi connectivity index (χ4n) is 3.69. The number of pyridine rings is 1. The molecular formula is C21H21Cl2FN6O2. The number of carbonyl (C=O) groups is 1. The molecule has 3 atom stereocenters. The summed E-state index contributed by atoms with van der Waals surface area (Å²) in [6.45, 7) is 2.29. The maximum absolute atomic E-state index is 13.9. The molecule has 3 aromatic rings. The number of nitrogens with one attached hydrogen (secondary N) is 1. The number of nitrogen functional groups attached to an aromatic ring is 1. The second kappa shape index (κ2) is 8.93. The van der Waals surface area contributed by atoms with Gasteiger partial charge in [0.05, 0.1) is 23.3 Å². The largest absolute Gasteiger partial charge is 0.482 e. The van der Waals surface area contributed by atoms with Gasteiger partial charge in [0.15, 0.2) is 11.6 Å². The predicted octanol–water partition coefficient (Wildman–Crippen LogP) is 3.50. The molecule has 1 saturated heterocycles. The molecule has 3 heterocycles. The number of amides is 1. The molecule has 0 spiro atoms. The van der Waals surface area contributed by atoms with Crippen LogP contribution in [0.1, 0.15) is 31.1 Å². The summed E-state index contributed by atoms with van der Waals surface area (Å²) < 4.78 is 21.6. The molecule has 1 amide bonds. The highest BCUT2D eigenvalue weighted by Gasteiger charge is 2.29. The van der Waals surface area contributed by atoms with Gasteiger partial charge in [0.1, 0.15) is 11.9 Å². The third-order valence-electron chi connectivity index (χ3n) is 5.43. The van der Waals surface area contributed by atoms with Crippen LogP contribution in [0.2, 0.25) is 10.0 Å². The second-order valence-electron chi connectivity index (χ2n) is 7.59. The van der Waals surface area contributed by atoms with Crippen LogP contribution < -0.4 is 21.5 Å². The lowest BCUT2D eigenvalue weighted by Crippen LogP contribution is -2.36. The number of carbonyl (C=O) groups excluding carboxylic acids is 1. The molecule has 0 radical (unpaired) electrons. The van der Waals surface area contributed by atoms with Crippen molar-refractivity contribution < 1.29 is 13.9 Å². The normalized spacial score (nSPS) is 19.1. The minimum absolute atomic E-state index is 0.0102. The number of aromatic nitrogens is 3. The maximum atomic E-state index is 13.9. The van der Waals surface area contributed by atoms with Crippen molar-refractivity contribution in [3.8, 4) is 16.9 Å². The summed E-state index contributed by atoms with van der Waals surface area (Å²) >= 11 is 12.3. The Kier molecular flexibility index (Phi) is 6.23. The quantitative estimate of drug-likeness (QED) is 0.466. The fraction of sp³-hybridized carbons (Fsp3) is 0.286. The van der Waals surface area contributed by atoms with E-state index < -0.39 is 11.9 Å². The number of anilines is 1. The number of hydrogen-bond donors (Lipinski definition) is 3. The molecule has 0 aliphatic carbocycles. The van der Waals surface area contributed by atoms with E-state index in [1.165, 1.54) is 12.1 Å². The maximum Gasteiger partial charge on any atom is 0.234 e. The molecule has 1 aliphatic rings. The standard InChI is InChI=1S/C21H21Cl2FN6O2/c1-10(18-14(22)2-3-15(24)19(18)23)32-17-4-11(6-28-20(17)25)12-7-29-30(9-12)13-5-16(21(26)31)27-8-13/h2-4,6-7,9-10,13,16,27H,5,8H2,1H3,(H2,25,28)(H2,26,31). The highest BCUT2D eigenvalue weighted by Crippen LogP contribution is 2.37. The number of rotatable bonds is 6. The van der Waals surface area contributed by atoms with E-state index in [9.17, 15) is 9.18 Å². The number of nitrogens with zero attached hydrogens (tertiary/aromatic N) is 3. The Bertz CT molecular complexity index is 1170. The SMILES string of the molecule is CC(Oc1cc(-c2cnn(C3CNC(C(N)=O)C3)c2)cnc1N)c1c(Cl)ccc(F)c1Cl. The Labute approximate surface area is 193 Å². The van der Waals surface area contributed by atoms with Gasteiger partial charge in [0.2, 0.25) is 5.91 Å². The molecule has 4 rings (SSSR count). The van der Waals surface area contributed by atoms with Gasteiger partial charge >= 0.3 is 0 Å². The lowest BCUT2D eigenvalue weighted by Gasteiger charge is -2.19. The van der Waals surface area contributed by atoms with Crippen molar-refractivity contribution in [3.05, 3.63) is 58.2 Å². The molecule has 0 bridgehead atoms. The second-order valence-corrected chi connectivity index (χ2v) is 8.37. The number of hydrogen-bond acceptors (Lipinski definition) is 6. The summed E-state index contributed by atoms with van der Waals surface area (Å²) in [4.78, 5) is 15.6. The van der Waals surface area contributed by atoms with Gasteiger partial charge in [-0.15, -0.1) is 0 Å². The molecule has 8 nitrogen and oxygen atoms in total. The lowest BCUT2D eigenvalue weighted by atomic mass is 10.1. The number of primary amides is 1. The molecule has 5 N–H and O–H groups in total. The number of nitrogens with two attached hydrogens (primary N) is 2. The zero-order valence-electron chi connectivity index (χ0n) is 17.1. The first kappa shape index (κ1) is 22.3. The third kappa shape index (κ3) is 4.36. The summed E-state index contributed by atoms with van der Waals surface area (Å²) in [5, 5.41) is 7.68. The molecular weight excluding hydrogens is 458 g/mol. The summed E-state index contributed by atoms with van der Waals surface area (Å²) in [6, 6.07) is 3.98. The smallest absolute Gasteiger partial charge is 0.234 e. The zero-order chi connectivity index (χ0) is 23.0. The van der Waals surface area contributed by atoms with E-state index in [2.05, 4.69) is 15.4 Å². The summed E-state index contributed by atoms with van der Waals surface area (Å²) in [6.07, 6.45) is 5.05. The molecule has 1 aliphatic heterocycles. The van der Waals surface area contributed by atoms with Crippen molar-refractivity contribution in [2.75, 3.05) is 12.3 Å². The van der Waals surface area contributed by atoms with E-state index in [0.29, 0.717) is 24.3 Å². The van der Waals surface area contributed by atoms with E-state index >= 15 is 0 Å². The van der Waals surface area contributed by atoms with E-state index in [0.717, 1.165) is 11.1 Å². The van der Waals surface area contributed by atoms with Crippen molar-refractivity contribution in [1.82, 2.24) is 20.1 Å². The van der Waals surface area contributed by atoms with Gasteiger partial charge in [-0.2, -0.15) is 5.10 Å². The average molecular weight is 479 g/mol. The Morgan fingerprint density at radius 1 is 1.34 bits per heavy atom. The van der Waals surface area contributed by atoms with E-state index in [-0.39, 0.29) is 33.9 Å². The Morgan fingerprint density at radius 2 is 2.12 bits per heavy atom. The highest BCUT2D eigenvalue weighted by molar-refractivity contribution is 6.36. The summed E-state index contributed by atoms with van der Waals surface area (Å²) in [7, 11) is 0. The van der Waals surface area contributed by atoms with Crippen molar-refractivity contribution in [2.24, 2.45) is 5.73 Å². The van der Waals surface area contributed by atoms with Crippen LogP contribution >= 0.6 is 23.2 Å². The summed E-state index contributed by atoms with van der Waals surface area (Å²) in [5.74, 6) is -0.498. The first-order valence-electron chi connectivity index (χ1n) is 9.87. The number of ether oxygens (including phenoxy) is 1. The van der Waals surface area contributed by atoms with Crippen LogP contribution in [0.25, 0.3) is 11.1 Å². The molecule has 1 fully saturated rings. The fourth-order valence-corrected chi connectivity index (χ4v) is 4.37. The van der Waals surface area contributed by atoms with Gasteiger partial charge in [-0.05, 0) is 31.5 Å². The van der Waals surface area contributed by atoms with Crippen LogP contribution in [0.4, 0.5) is 10.2 Å². The van der Waals surface area contributed by atoms with Gasteiger partial charge in [0, 0.05) is 40.7 Å². The molecule has 3 unspecified atom stereocenters. The van der Waals surface area contributed by atoms with Gasteiger partial charge in [-0.1, -0.05) is 23.2 Å². The van der Waals surface area contributed by atoms with Crippen LogP contribution in [-0.4, -0.2) is 33.3 Å². The summed E-state index contributed by atoms with van der Waals surface area (Å²) in [5.41, 5.74) is 13.2. The highest BCUT2D eigenvalue weighted by atomic mass is 35.5. The van der Waals surface area contributed by atoms with Crippen molar-refractivity contribution in [3.63, 3.8) is 0 Å². The Balaban J connectivity index is 1.56. The molecule has 1 aromatic carbocycles. The molecule has 2 aromatic heterocycles. The van der Waals surface area contributed by atoms with Gasteiger partial charge in [0.25, 0.3) is 0 Å². The van der Waals surface area contributed by atoms with Crippen molar-refractivity contribution >= 4 is 34.9 Å². The Morgan fingerprint density at radius 3 is 2.84 bits per heavy atom. The predicted molar refractivity (Wildman–Crippen MR) is 120 cm³/mol. The van der Waals surface area contributed by atoms with E-state index in [1.807, 2.05) is 6.20 Å². The van der Waals surface area contributed by atoms with Gasteiger partial charge in [-0.3, -0.25) is 9.48 Å². The zero-order valence-corrected chi connectivity index (χ0v) is 18.6. The number of halogens is 3. The lowest BCUT2D eigenvalue weighted by molar-refractivity contribution is -0.119. The van der Waals surface area contributed by atoms with Crippen LogP contribution in [0.5, 0.6) is 5.75 Å². The molecule has 11 heteroatoms. The minimum Gasteiger partial charge on any atom is -0.482 e. The van der Waals surface area contributed by atoms with Crippen LogP contribution in [0.3, 0.4) is 0 Å². The van der Waals surface area contributed by atoms with Gasteiger partial charge < -0.3 is 21.5 Å². The van der Waals surface area contributed by atoms with Crippen molar-refractivity contribution in [1.29, 1.82) is 0 Å². The minimum atomic E-state index is -0.678.